The number of rotatable bonds is 4. The molecule has 0 saturated carbocycles. The van der Waals surface area contributed by atoms with Crippen LogP contribution < -0.4 is 0 Å². The molecular weight excluding hydrogens is 306 g/mol. The number of esters is 1. The molecule has 0 N–H and O–H groups in total. The number of fused-ring (bicyclic) bond motifs is 1. The average Bonchev–Trinajstić information content (AvgIpc) is 2.59. The van der Waals surface area contributed by atoms with Crippen molar-refractivity contribution in [1.82, 2.24) is 0 Å². The van der Waals surface area contributed by atoms with Gasteiger partial charge in [-0.15, -0.1) is 0 Å². The predicted molar refractivity (Wildman–Crippen MR) is 90.9 cm³/mol. The summed E-state index contributed by atoms with van der Waals surface area (Å²) < 4.78 is 5.25. The van der Waals surface area contributed by atoms with Gasteiger partial charge in [-0.1, -0.05) is 42.0 Å². The van der Waals surface area contributed by atoms with Crippen LogP contribution in [0, 0.1) is 17.0 Å². The van der Waals surface area contributed by atoms with E-state index in [2.05, 4.69) is 0 Å². The first-order valence-electron chi connectivity index (χ1n) is 7.44. The second kappa shape index (κ2) is 6.50. The number of carbonyl (C=O) groups is 1. The molecule has 0 spiro atoms. The molecule has 0 aliphatic heterocycles. The SMILES string of the molecule is Cc1ccc(C(=O)OCc2cc3ccccc3cc2[N+](=O)[O-])cc1. The van der Waals surface area contributed by atoms with E-state index in [0.717, 1.165) is 16.3 Å². The topological polar surface area (TPSA) is 69.4 Å². The average molecular weight is 321 g/mol. The Balaban J connectivity index is 1.86. The van der Waals surface area contributed by atoms with E-state index < -0.39 is 10.9 Å². The van der Waals surface area contributed by atoms with Gasteiger partial charge in [0.25, 0.3) is 5.69 Å². The molecule has 3 aromatic rings. The van der Waals surface area contributed by atoms with Crippen molar-refractivity contribution in [3.8, 4) is 0 Å². The van der Waals surface area contributed by atoms with Gasteiger partial charge < -0.3 is 4.74 Å². The zero-order valence-corrected chi connectivity index (χ0v) is 13.1. The zero-order valence-electron chi connectivity index (χ0n) is 13.1. The standard InChI is InChI=1S/C19H15NO4/c1-13-6-8-14(9-7-13)19(21)24-12-17-10-15-4-2-3-5-16(15)11-18(17)20(22)23/h2-11H,12H2,1H3. The van der Waals surface area contributed by atoms with Gasteiger partial charge in [-0.3, -0.25) is 10.1 Å². The molecule has 0 amide bonds. The van der Waals surface area contributed by atoms with Gasteiger partial charge in [0.2, 0.25) is 0 Å². The molecule has 0 bridgehead atoms. The van der Waals surface area contributed by atoms with E-state index in [-0.39, 0.29) is 12.3 Å². The lowest BCUT2D eigenvalue weighted by molar-refractivity contribution is -0.385. The maximum atomic E-state index is 12.1. The molecule has 0 fully saturated rings. The lowest BCUT2D eigenvalue weighted by Crippen LogP contribution is -2.06. The molecular formula is C19H15NO4. The molecule has 24 heavy (non-hydrogen) atoms. The Bertz CT molecular complexity index is 916. The fourth-order valence-electron chi connectivity index (χ4n) is 2.48. The van der Waals surface area contributed by atoms with E-state index in [4.69, 9.17) is 4.74 Å². The van der Waals surface area contributed by atoms with Crippen molar-refractivity contribution in [2.24, 2.45) is 0 Å². The van der Waals surface area contributed by atoms with Gasteiger partial charge in [0, 0.05) is 6.07 Å². The van der Waals surface area contributed by atoms with Crippen molar-refractivity contribution in [3.63, 3.8) is 0 Å². The highest BCUT2D eigenvalue weighted by Crippen LogP contribution is 2.26. The first-order chi connectivity index (χ1) is 11.5. The Morgan fingerprint density at radius 1 is 1.04 bits per heavy atom. The van der Waals surface area contributed by atoms with Gasteiger partial charge in [-0.25, -0.2) is 4.79 Å². The number of nitro benzene ring substituents is 1. The highest BCUT2D eigenvalue weighted by atomic mass is 16.6. The van der Waals surface area contributed by atoms with Gasteiger partial charge in [0.05, 0.1) is 16.1 Å². The van der Waals surface area contributed by atoms with Gasteiger partial charge in [0.15, 0.2) is 0 Å². The number of hydrogen-bond donors (Lipinski definition) is 0. The number of benzene rings is 3. The molecule has 0 saturated heterocycles. The molecule has 120 valence electrons. The molecule has 0 unspecified atom stereocenters. The third-order valence-electron chi connectivity index (χ3n) is 3.79. The van der Waals surface area contributed by atoms with E-state index >= 15 is 0 Å². The van der Waals surface area contributed by atoms with Crippen molar-refractivity contribution in [2.75, 3.05) is 0 Å². The Morgan fingerprint density at radius 3 is 2.29 bits per heavy atom. The van der Waals surface area contributed by atoms with E-state index in [0.29, 0.717) is 11.1 Å². The van der Waals surface area contributed by atoms with E-state index in [1.807, 2.05) is 43.3 Å². The van der Waals surface area contributed by atoms with Crippen LogP contribution in [0.3, 0.4) is 0 Å². The Hall–Kier alpha value is -3.21. The van der Waals surface area contributed by atoms with Crippen LogP contribution in [0.4, 0.5) is 5.69 Å². The summed E-state index contributed by atoms with van der Waals surface area (Å²) in [6.07, 6.45) is 0. The van der Waals surface area contributed by atoms with Crippen LogP contribution in [0.15, 0.2) is 60.7 Å². The fraction of sp³-hybridized carbons (Fsp3) is 0.105. The molecule has 0 atom stereocenters. The van der Waals surface area contributed by atoms with Gasteiger partial charge >= 0.3 is 5.97 Å². The third-order valence-corrected chi connectivity index (χ3v) is 3.79. The van der Waals surface area contributed by atoms with Crippen molar-refractivity contribution in [1.29, 1.82) is 0 Å². The van der Waals surface area contributed by atoms with Crippen molar-refractivity contribution in [2.45, 2.75) is 13.5 Å². The Morgan fingerprint density at radius 2 is 1.67 bits per heavy atom. The van der Waals surface area contributed by atoms with Crippen molar-refractivity contribution in [3.05, 3.63) is 87.5 Å². The number of nitro groups is 1. The van der Waals surface area contributed by atoms with Gasteiger partial charge in [0.1, 0.15) is 6.61 Å². The predicted octanol–water partition coefficient (Wildman–Crippen LogP) is 4.41. The highest BCUT2D eigenvalue weighted by molar-refractivity contribution is 5.90. The van der Waals surface area contributed by atoms with Crippen LogP contribution >= 0.6 is 0 Å². The van der Waals surface area contributed by atoms with E-state index in [1.54, 1.807) is 18.2 Å². The summed E-state index contributed by atoms with van der Waals surface area (Å²) in [4.78, 5) is 22.9. The van der Waals surface area contributed by atoms with Crippen LogP contribution in [0.2, 0.25) is 0 Å². The van der Waals surface area contributed by atoms with Crippen LogP contribution in [0.1, 0.15) is 21.5 Å². The molecule has 5 heteroatoms. The smallest absolute Gasteiger partial charge is 0.338 e. The molecule has 0 radical (unpaired) electrons. The number of carbonyl (C=O) groups excluding carboxylic acids is 1. The van der Waals surface area contributed by atoms with Crippen LogP contribution in [-0.2, 0) is 11.3 Å². The van der Waals surface area contributed by atoms with Crippen molar-refractivity contribution < 1.29 is 14.5 Å². The number of aryl methyl sites for hydroxylation is 1. The minimum Gasteiger partial charge on any atom is -0.457 e. The van der Waals surface area contributed by atoms with Crippen molar-refractivity contribution >= 4 is 22.4 Å². The molecule has 3 aromatic carbocycles. The lowest BCUT2D eigenvalue weighted by Gasteiger charge is -2.08. The molecule has 5 nitrogen and oxygen atoms in total. The monoisotopic (exact) mass is 321 g/mol. The lowest BCUT2D eigenvalue weighted by atomic mass is 10.1. The molecule has 0 aliphatic rings. The van der Waals surface area contributed by atoms with Crippen LogP contribution in [-0.4, -0.2) is 10.9 Å². The maximum absolute atomic E-state index is 12.1. The molecule has 3 rings (SSSR count). The fourth-order valence-corrected chi connectivity index (χ4v) is 2.48. The van der Waals surface area contributed by atoms with Crippen LogP contribution in [0.5, 0.6) is 0 Å². The second-order valence-electron chi connectivity index (χ2n) is 5.53. The first kappa shape index (κ1) is 15.7. The Labute approximate surface area is 138 Å². The maximum Gasteiger partial charge on any atom is 0.338 e. The Kier molecular flexibility index (Phi) is 4.24. The summed E-state index contributed by atoms with van der Waals surface area (Å²) in [5.41, 5.74) is 1.78. The minimum absolute atomic E-state index is 0.0505. The summed E-state index contributed by atoms with van der Waals surface area (Å²) >= 11 is 0. The molecule has 0 aliphatic carbocycles. The van der Waals surface area contributed by atoms with E-state index in [1.165, 1.54) is 6.07 Å². The quantitative estimate of drug-likeness (QED) is 0.405. The van der Waals surface area contributed by atoms with Crippen LogP contribution in [0.25, 0.3) is 10.8 Å². The van der Waals surface area contributed by atoms with E-state index in [9.17, 15) is 14.9 Å². The highest BCUT2D eigenvalue weighted by Gasteiger charge is 2.17. The number of ether oxygens (including phenoxy) is 1. The largest absolute Gasteiger partial charge is 0.457 e. The minimum atomic E-state index is -0.502. The van der Waals surface area contributed by atoms with Gasteiger partial charge in [-0.05, 0) is 35.9 Å². The molecule has 0 aromatic heterocycles. The second-order valence-corrected chi connectivity index (χ2v) is 5.53. The first-order valence-corrected chi connectivity index (χ1v) is 7.44. The summed E-state index contributed by atoms with van der Waals surface area (Å²) in [6, 6.07) is 17.5. The summed E-state index contributed by atoms with van der Waals surface area (Å²) in [5, 5.41) is 12.9. The molecule has 0 heterocycles. The summed E-state index contributed by atoms with van der Waals surface area (Å²) in [7, 11) is 0. The normalized spacial score (nSPS) is 10.5. The number of nitrogens with zero attached hydrogens (tertiary/aromatic N) is 1. The zero-order chi connectivity index (χ0) is 17.1. The summed E-state index contributed by atoms with van der Waals surface area (Å²) in [6.45, 7) is 1.78. The third kappa shape index (κ3) is 3.25. The number of hydrogen-bond acceptors (Lipinski definition) is 4. The van der Waals surface area contributed by atoms with Gasteiger partial charge in [-0.2, -0.15) is 0 Å². The summed E-state index contributed by atoms with van der Waals surface area (Å²) in [5.74, 6) is -0.502.